The zero-order valence-electron chi connectivity index (χ0n) is 13.8. The van der Waals surface area contributed by atoms with Crippen LogP contribution in [0.3, 0.4) is 0 Å². The summed E-state index contributed by atoms with van der Waals surface area (Å²) in [5.74, 6) is 0. The average Bonchev–Trinajstić information content (AvgIpc) is 2.75. The molecule has 0 aromatic rings. The van der Waals surface area contributed by atoms with E-state index in [1.165, 1.54) is 0 Å². The molecule has 1 fully saturated rings. The van der Waals surface area contributed by atoms with Crippen molar-refractivity contribution in [3.05, 3.63) is 0 Å². The zero-order valence-corrected chi connectivity index (χ0v) is 14.6. The van der Waals surface area contributed by atoms with Crippen LogP contribution in [0.25, 0.3) is 0 Å². The van der Waals surface area contributed by atoms with E-state index in [0.717, 1.165) is 19.3 Å². The maximum Gasteiger partial charge on any atom is 0.407 e. The quantitative estimate of drug-likeness (QED) is 0.700. The van der Waals surface area contributed by atoms with Gasteiger partial charge in [-0.1, -0.05) is 0 Å². The van der Waals surface area contributed by atoms with E-state index in [2.05, 4.69) is 17.6 Å². The van der Waals surface area contributed by atoms with Gasteiger partial charge >= 0.3 is 6.09 Å². The largest absolute Gasteiger partial charge is 0.444 e. The van der Waals surface area contributed by atoms with E-state index in [9.17, 15) is 9.90 Å². The fraction of sp³-hybridized carbons (Fsp3) is 0.933. The predicted molar refractivity (Wildman–Crippen MR) is 87.8 cm³/mol. The van der Waals surface area contributed by atoms with Crippen molar-refractivity contribution in [2.24, 2.45) is 0 Å². The second kappa shape index (κ2) is 8.25. The molecule has 21 heavy (non-hydrogen) atoms. The van der Waals surface area contributed by atoms with Crippen molar-refractivity contribution in [3.8, 4) is 0 Å². The second-order valence-electron chi connectivity index (χ2n) is 6.77. The molecule has 0 aromatic heterocycles. The average molecular weight is 318 g/mol. The molecule has 0 saturated heterocycles. The number of hydrogen-bond acceptors (Lipinski definition) is 5. The van der Waals surface area contributed by atoms with E-state index in [-0.39, 0.29) is 30.0 Å². The van der Waals surface area contributed by atoms with Crippen LogP contribution in [0.2, 0.25) is 0 Å². The summed E-state index contributed by atoms with van der Waals surface area (Å²) in [7, 11) is 0. The van der Waals surface area contributed by atoms with Gasteiger partial charge < -0.3 is 20.5 Å². The molecule has 1 saturated carbocycles. The number of rotatable bonds is 6. The molecule has 3 N–H and O–H groups in total. The van der Waals surface area contributed by atoms with Crippen LogP contribution in [0.15, 0.2) is 0 Å². The molecular weight excluding hydrogens is 288 g/mol. The van der Waals surface area contributed by atoms with E-state index >= 15 is 0 Å². The first-order valence-electron chi connectivity index (χ1n) is 7.64. The summed E-state index contributed by atoms with van der Waals surface area (Å²) in [6, 6.07) is 0.822. The Hall–Kier alpha value is -0.460. The van der Waals surface area contributed by atoms with Crippen LogP contribution in [-0.2, 0) is 4.74 Å². The number of nitrogens with one attached hydrogen (secondary N) is 2. The highest BCUT2D eigenvalue weighted by Gasteiger charge is 2.29. The van der Waals surface area contributed by atoms with Crippen LogP contribution < -0.4 is 10.6 Å². The van der Waals surface area contributed by atoms with Gasteiger partial charge in [-0.2, -0.15) is 11.8 Å². The topological polar surface area (TPSA) is 70.6 Å². The molecule has 4 atom stereocenters. The number of thioether (sulfide) groups is 1. The van der Waals surface area contributed by atoms with Crippen LogP contribution in [0, 0.1) is 0 Å². The third-order valence-electron chi connectivity index (χ3n) is 3.69. The van der Waals surface area contributed by atoms with Crippen molar-refractivity contribution in [1.29, 1.82) is 0 Å². The monoisotopic (exact) mass is 318 g/mol. The maximum absolute atomic E-state index is 11.8. The molecule has 0 heterocycles. The Morgan fingerprint density at radius 3 is 2.52 bits per heavy atom. The first kappa shape index (κ1) is 18.6. The molecule has 1 rings (SSSR count). The van der Waals surface area contributed by atoms with Gasteiger partial charge in [-0.3, -0.25) is 0 Å². The number of carbonyl (C=O) groups excluding carboxylic acids is 1. The summed E-state index contributed by atoms with van der Waals surface area (Å²) in [6.07, 6.45) is 4.60. The van der Waals surface area contributed by atoms with Crippen molar-refractivity contribution in [2.75, 3.05) is 12.9 Å². The smallest absolute Gasteiger partial charge is 0.407 e. The molecule has 1 aliphatic carbocycles. The summed E-state index contributed by atoms with van der Waals surface area (Å²) in [4.78, 5) is 11.8. The van der Waals surface area contributed by atoms with E-state index in [1.807, 2.05) is 27.0 Å². The maximum atomic E-state index is 11.8. The lowest BCUT2D eigenvalue weighted by Crippen LogP contribution is -2.44. The Kier molecular flexibility index (Phi) is 7.30. The molecule has 5 nitrogen and oxygen atoms in total. The van der Waals surface area contributed by atoms with Gasteiger partial charge in [-0.25, -0.2) is 4.79 Å². The van der Waals surface area contributed by atoms with Gasteiger partial charge in [0.2, 0.25) is 0 Å². The molecule has 4 unspecified atom stereocenters. The molecule has 0 radical (unpaired) electrons. The number of hydrogen-bond donors (Lipinski definition) is 3. The van der Waals surface area contributed by atoms with Gasteiger partial charge in [0.1, 0.15) is 5.60 Å². The Morgan fingerprint density at radius 1 is 1.38 bits per heavy atom. The van der Waals surface area contributed by atoms with Gasteiger partial charge in [0, 0.05) is 23.4 Å². The third kappa shape index (κ3) is 6.89. The van der Waals surface area contributed by atoms with Crippen molar-refractivity contribution in [3.63, 3.8) is 0 Å². The first-order valence-corrected chi connectivity index (χ1v) is 8.93. The van der Waals surface area contributed by atoms with Crippen molar-refractivity contribution >= 4 is 17.9 Å². The summed E-state index contributed by atoms with van der Waals surface area (Å²) < 4.78 is 5.28. The van der Waals surface area contributed by atoms with Crippen LogP contribution in [-0.4, -0.2) is 53.0 Å². The van der Waals surface area contributed by atoms with E-state index in [0.29, 0.717) is 6.04 Å². The summed E-state index contributed by atoms with van der Waals surface area (Å²) in [6.45, 7) is 7.88. The van der Waals surface area contributed by atoms with Crippen molar-refractivity contribution in [1.82, 2.24) is 10.6 Å². The zero-order chi connectivity index (χ0) is 16.0. The van der Waals surface area contributed by atoms with Gasteiger partial charge in [-0.05, 0) is 53.2 Å². The lowest BCUT2D eigenvalue weighted by Gasteiger charge is -2.25. The Bertz CT molecular complexity index is 329. The summed E-state index contributed by atoms with van der Waals surface area (Å²) in [5, 5.41) is 16.0. The number of carbonyl (C=O) groups is 1. The molecule has 0 spiro atoms. The highest BCUT2D eigenvalue weighted by atomic mass is 32.2. The third-order valence-corrected chi connectivity index (χ3v) is 4.86. The minimum atomic E-state index is -0.457. The van der Waals surface area contributed by atoms with Crippen LogP contribution in [0.1, 0.15) is 47.0 Å². The lowest BCUT2D eigenvalue weighted by molar-refractivity contribution is 0.0505. The van der Waals surface area contributed by atoms with E-state index in [1.54, 1.807) is 11.8 Å². The number of aliphatic hydroxyl groups excluding tert-OH is 1. The van der Waals surface area contributed by atoms with Crippen molar-refractivity contribution < 1.29 is 14.6 Å². The number of ether oxygens (including phenoxy) is 1. The highest BCUT2D eigenvalue weighted by molar-refractivity contribution is 7.99. The fourth-order valence-electron chi connectivity index (χ4n) is 2.65. The molecule has 1 aliphatic rings. The van der Waals surface area contributed by atoms with E-state index in [4.69, 9.17) is 4.74 Å². The Morgan fingerprint density at radius 2 is 2.00 bits per heavy atom. The standard InChI is InChI=1S/C15H30N2O3S/c1-10(13(9-18)21-5)16-11-6-7-12(8-11)17-14(19)20-15(2,3)4/h10-13,16,18H,6-9H2,1-5H3,(H,17,19). The van der Waals surface area contributed by atoms with Crippen LogP contribution in [0.5, 0.6) is 0 Å². The molecule has 0 aliphatic heterocycles. The molecular formula is C15H30N2O3S. The fourth-order valence-corrected chi connectivity index (χ4v) is 3.29. The summed E-state index contributed by atoms with van der Waals surface area (Å²) in [5.41, 5.74) is -0.457. The summed E-state index contributed by atoms with van der Waals surface area (Å²) >= 11 is 1.68. The number of alkyl carbamates (subject to hydrolysis) is 1. The second-order valence-corrected chi connectivity index (χ2v) is 7.84. The van der Waals surface area contributed by atoms with Gasteiger partial charge in [0.15, 0.2) is 0 Å². The first-order chi connectivity index (χ1) is 9.75. The van der Waals surface area contributed by atoms with Crippen molar-refractivity contribution in [2.45, 2.75) is 75.9 Å². The molecule has 0 aromatic carbocycles. The van der Waals surface area contributed by atoms with Gasteiger partial charge in [-0.15, -0.1) is 0 Å². The Labute approximate surface area is 132 Å². The lowest BCUT2D eigenvalue weighted by atomic mass is 10.1. The number of amides is 1. The number of aliphatic hydroxyl groups is 1. The molecule has 1 amide bonds. The Balaban J connectivity index is 2.34. The minimum absolute atomic E-state index is 0.173. The highest BCUT2D eigenvalue weighted by Crippen LogP contribution is 2.22. The van der Waals surface area contributed by atoms with Crippen LogP contribution >= 0.6 is 11.8 Å². The molecule has 6 heteroatoms. The van der Waals surface area contributed by atoms with Gasteiger partial charge in [0.05, 0.1) is 6.61 Å². The predicted octanol–water partition coefficient (Wildman–Crippen LogP) is 2.13. The molecule has 124 valence electrons. The van der Waals surface area contributed by atoms with Gasteiger partial charge in [0.25, 0.3) is 0 Å². The van der Waals surface area contributed by atoms with E-state index < -0.39 is 5.60 Å². The normalized spacial score (nSPS) is 25.4. The molecule has 0 bridgehead atoms. The minimum Gasteiger partial charge on any atom is -0.444 e. The SMILES string of the molecule is CSC(CO)C(C)NC1CCC(NC(=O)OC(C)(C)C)C1. The van der Waals surface area contributed by atoms with Crippen LogP contribution in [0.4, 0.5) is 4.79 Å².